The van der Waals surface area contributed by atoms with Crippen molar-refractivity contribution in [3.63, 3.8) is 0 Å². The Labute approximate surface area is 173 Å². The number of hydrogen-bond acceptors (Lipinski definition) is 6. The maximum Gasteiger partial charge on any atom is 0.335 e. The van der Waals surface area contributed by atoms with Gasteiger partial charge in [0, 0.05) is 18.3 Å². The molecule has 9 nitrogen and oxygen atoms in total. The SMILES string of the molecule is CCNC(=O)C(=N)N(C(=N)c1cc(C(C)C)c(O)cc1O)c1ccc(C(=O)O)cc1. The first kappa shape index (κ1) is 22.4. The van der Waals surface area contributed by atoms with Gasteiger partial charge in [-0.25, -0.2) is 4.79 Å². The van der Waals surface area contributed by atoms with Gasteiger partial charge in [0.15, 0.2) is 5.84 Å². The zero-order valence-electron chi connectivity index (χ0n) is 16.9. The molecule has 0 aromatic heterocycles. The van der Waals surface area contributed by atoms with Crippen LogP contribution in [0.3, 0.4) is 0 Å². The number of anilines is 1. The van der Waals surface area contributed by atoms with Crippen LogP contribution in [0.15, 0.2) is 36.4 Å². The van der Waals surface area contributed by atoms with E-state index >= 15 is 0 Å². The van der Waals surface area contributed by atoms with Gasteiger partial charge in [-0.1, -0.05) is 13.8 Å². The molecule has 30 heavy (non-hydrogen) atoms. The average molecular weight is 412 g/mol. The number of rotatable bonds is 5. The Kier molecular flexibility index (Phi) is 6.78. The quantitative estimate of drug-likeness (QED) is 0.327. The lowest BCUT2D eigenvalue weighted by Crippen LogP contribution is -2.46. The number of amidine groups is 2. The summed E-state index contributed by atoms with van der Waals surface area (Å²) in [7, 11) is 0. The molecule has 6 N–H and O–H groups in total. The van der Waals surface area contributed by atoms with Gasteiger partial charge < -0.3 is 20.6 Å². The molecule has 0 aliphatic heterocycles. The van der Waals surface area contributed by atoms with Crippen LogP contribution in [0, 0.1) is 10.8 Å². The van der Waals surface area contributed by atoms with Crippen molar-refractivity contribution in [3.8, 4) is 11.5 Å². The number of aromatic carboxylic acids is 1. The number of carboxylic acid groups (broad SMARTS) is 1. The van der Waals surface area contributed by atoms with Crippen LogP contribution in [-0.2, 0) is 4.79 Å². The van der Waals surface area contributed by atoms with Crippen molar-refractivity contribution in [1.82, 2.24) is 5.32 Å². The van der Waals surface area contributed by atoms with Crippen LogP contribution >= 0.6 is 0 Å². The predicted molar refractivity (Wildman–Crippen MR) is 113 cm³/mol. The number of amides is 1. The molecule has 0 atom stereocenters. The highest BCUT2D eigenvalue weighted by Gasteiger charge is 2.27. The van der Waals surface area contributed by atoms with Gasteiger partial charge in [-0.05, 0) is 48.7 Å². The molecule has 9 heteroatoms. The molecule has 2 aromatic rings. The molecule has 0 saturated heterocycles. The summed E-state index contributed by atoms with van der Waals surface area (Å²) in [4.78, 5) is 24.4. The average Bonchev–Trinajstić information content (AvgIpc) is 2.68. The summed E-state index contributed by atoms with van der Waals surface area (Å²) in [6.45, 7) is 5.61. The molecule has 0 saturated carbocycles. The minimum Gasteiger partial charge on any atom is -0.508 e. The molecule has 0 bridgehead atoms. The van der Waals surface area contributed by atoms with Crippen molar-refractivity contribution >= 4 is 29.2 Å². The lowest BCUT2D eigenvalue weighted by molar-refractivity contribution is -0.114. The Morgan fingerprint density at radius 1 is 1.07 bits per heavy atom. The van der Waals surface area contributed by atoms with E-state index < -0.39 is 23.5 Å². The third kappa shape index (κ3) is 4.57. The highest BCUT2D eigenvalue weighted by Crippen LogP contribution is 2.33. The molecule has 0 aliphatic rings. The Hall–Kier alpha value is -3.88. The van der Waals surface area contributed by atoms with Gasteiger partial charge in [-0.2, -0.15) is 0 Å². The molecule has 0 unspecified atom stereocenters. The van der Waals surface area contributed by atoms with Crippen molar-refractivity contribution in [2.24, 2.45) is 0 Å². The second-order valence-corrected chi connectivity index (χ2v) is 6.83. The second kappa shape index (κ2) is 9.08. The van der Waals surface area contributed by atoms with Crippen molar-refractivity contribution in [2.75, 3.05) is 11.4 Å². The fraction of sp³-hybridized carbons (Fsp3) is 0.238. The standard InChI is InChI=1S/C21H24N4O5/c1-4-24-20(28)19(23)25(13-7-5-12(6-8-13)21(29)30)18(22)15-9-14(11(2)3)16(26)10-17(15)27/h5-11,22-23,26-27H,4H2,1-3H3,(H,24,28)(H,29,30). The molecule has 0 radical (unpaired) electrons. The summed E-state index contributed by atoms with van der Waals surface area (Å²) in [5.41, 5.74) is 0.690. The Bertz CT molecular complexity index is 999. The summed E-state index contributed by atoms with van der Waals surface area (Å²) in [5, 5.41) is 48.9. The molecule has 158 valence electrons. The van der Waals surface area contributed by atoms with Crippen LogP contribution in [0.5, 0.6) is 11.5 Å². The zero-order valence-corrected chi connectivity index (χ0v) is 16.9. The Balaban J connectivity index is 2.60. The normalized spacial score (nSPS) is 10.5. The number of carbonyl (C=O) groups excluding carboxylic acids is 1. The van der Waals surface area contributed by atoms with Gasteiger partial charge in [0.25, 0.3) is 5.91 Å². The van der Waals surface area contributed by atoms with Gasteiger partial charge in [0.05, 0.1) is 11.1 Å². The van der Waals surface area contributed by atoms with Crippen molar-refractivity contribution in [3.05, 3.63) is 53.1 Å². The van der Waals surface area contributed by atoms with E-state index in [1.165, 1.54) is 30.3 Å². The molecular formula is C21H24N4O5. The van der Waals surface area contributed by atoms with E-state index in [0.717, 1.165) is 11.0 Å². The van der Waals surface area contributed by atoms with Crippen LogP contribution in [0.4, 0.5) is 5.69 Å². The summed E-state index contributed by atoms with van der Waals surface area (Å²) in [6, 6.07) is 7.86. The molecule has 0 fully saturated rings. The second-order valence-electron chi connectivity index (χ2n) is 6.83. The largest absolute Gasteiger partial charge is 0.508 e. The number of carboxylic acids is 1. The van der Waals surface area contributed by atoms with Gasteiger partial charge >= 0.3 is 5.97 Å². The molecule has 2 rings (SSSR count). The highest BCUT2D eigenvalue weighted by molar-refractivity contribution is 6.48. The van der Waals surface area contributed by atoms with E-state index in [0.29, 0.717) is 5.56 Å². The summed E-state index contributed by atoms with van der Waals surface area (Å²) in [6.07, 6.45) is 0. The van der Waals surface area contributed by atoms with E-state index in [-0.39, 0.29) is 40.9 Å². The molecule has 0 heterocycles. The number of hydrogen-bond donors (Lipinski definition) is 6. The lowest BCUT2D eigenvalue weighted by Gasteiger charge is -2.26. The van der Waals surface area contributed by atoms with E-state index in [1.54, 1.807) is 6.92 Å². The maximum absolute atomic E-state index is 12.3. The van der Waals surface area contributed by atoms with E-state index in [9.17, 15) is 19.8 Å². The topological polar surface area (TPSA) is 158 Å². The molecule has 1 amide bonds. The monoisotopic (exact) mass is 412 g/mol. The minimum atomic E-state index is -1.14. The number of carbonyl (C=O) groups is 2. The first-order valence-electron chi connectivity index (χ1n) is 9.23. The first-order valence-corrected chi connectivity index (χ1v) is 9.23. The molecule has 0 spiro atoms. The van der Waals surface area contributed by atoms with E-state index in [1.807, 2.05) is 13.8 Å². The van der Waals surface area contributed by atoms with Crippen molar-refractivity contribution < 1.29 is 24.9 Å². The Morgan fingerprint density at radius 3 is 2.17 bits per heavy atom. The zero-order chi connectivity index (χ0) is 22.6. The number of benzene rings is 2. The summed E-state index contributed by atoms with van der Waals surface area (Å²) in [5.74, 6) is -3.47. The van der Waals surface area contributed by atoms with Gasteiger partial charge in [0.1, 0.15) is 17.3 Å². The van der Waals surface area contributed by atoms with Gasteiger partial charge in [-0.15, -0.1) is 0 Å². The minimum absolute atomic E-state index is 0.00402. The Morgan fingerprint density at radius 2 is 1.67 bits per heavy atom. The number of phenolic OH excluding ortho intramolecular Hbond substituents is 2. The third-order valence-electron chi connectivity index (χ3n) is 4.39. The van der Waals surface area contributed by atoms with Crippen molar-refractivity contribution in [1.29, 1.82) is 10.8 Å². The van der Waals surface area contributed by atoms with E-state index in [4.69, 9.17) is 15.9 Å². The maximum atomic E-state index is 12.3. The van der Waals surface area contributed by atoms with Gasteiger partial charge in [-0.3, -0.25) is 20.5 Å². The third-order valence-corrected chi connectivity index (χ3v) is 4.39. The van der Waals surface area contributed by atoms with E-state index in [2.05, 4.69) is 5.32 Å². The number of likely N-dealkylation sites (N-methyl/N-ethyl adjacent to an activating group) is 1. The first-order chi connectivity index (χ1) is 14.1. The number of phenols is 2. The van der Waals surface area contributed by atoms with Crippen LogP contribution < -0.4 is 10.2 Å². The smallest absolute Gasteiger partial charge is 0.335 e. The van der Waals surface area contributed by atoms with Crippen LogP contribution in [0.25, 0.3) is 0 Å². The number of nitrogens with one attached hydrogen (secondary N) is 3. The molecule has 2 aromatic carbocycles. The fourth-order valence-corrected chi connectivity index (χ4v) is 2.84. The van der Waals surface area contributed by atoms with Gasteiger partial charge in [0.2, 0.25) is 0 Å². The lowest BCUT2D eigenvalue weighted by atomic mass is 9.98. The fourth-order valence-electron chi connectivity index (χ4n) is 2.84. The number of nitrogens with zero attached hydrogens (tertiary/aromatic N) is 1. The summed E-state index contributed by atoms with van der Waals surface area (Å²) < 4.78 is 0. The molecular weight excluding hydrogens is 388 g/mol. The molecule has 0 aliphatic carbocycles. The highest BCUT2D eigenvalue weighted by atomic mass is 16.4. The summed E-state index contributed by atoms with van der Waals surface area (Å²) >= 11 is 0. The van der Waals surface area contributed by atoms with Crippen molar-refractivity contribution in [2.45, 2.75) is 26.7 Å². The number of aromatic hydroxyl groups is 2. The van der Waals surface area contributed by atoms with Crippen LogP contribution in [0.2, 0.25) is 0 Å². The van der Waals surface area contributed by atoms with Crippen LogP contribution in [0.1, 0.15) is 48.2 Å². The predicted octanol–water partition coefficient (Wildman–Crippen LogP) is 2.86. The van der Waals surface area contributed by atoms with Crippen LogP contribution in [-0.4, -0.2) is 45.4 Å².